The minimum atomic E-state index is 0.550. The van der Waals surface area contributed by atoms with Crippen molar-refractivity contribution in [3.63, 3.8) is 0 Å². The molecule has 0 radical (unpaired) electrons. The van der Waals surface area contributed by atoms with Crippen molar-refractivity contribution < 1.29 is 0 Å². The van der Waals surface area contributed by atoms with Crippen molar-refractivity contribution in [3.8, 4) is 5.95 Å². The molecule has 7 nitrogen and oxygen atoms in total. The molecule has 0 fully saturated rings. The fourth-order valence-electron chi connectivity index (χ4n) is 3.01. The van der Waals surface area contributed by atoms with Crippen LogP contribution in [-0.4, -0.2) is 35.8 Å². The van der Waals surface area contributed by atoms with Crippen LogP contribution in [0.3, 0.4) is 0 Å². The molecule has 4 aromatic rings. The minimum Gasteiger partial charge on any atom is -0.368 e. The summed E-state index contributed by atoms with van der Waals surface area (Å²) in [7, 11) is 1.93. The molecule has 0 bridgehead atoms. The van der Waals surface area contributed by atoms with E-state index in [1.807, 2.05) is 37.6 Å². The van der Waals surface area contributed by atoms with E-state index >= 15 is 0 Å². The second-order valence-corrected chi connectivity index (χ2v) is 6.40. The van der Waals surface area contributed by atoms with Crippen molar-refractivity contribution in [2.45, 2.75) is 20.3 Å². The predicted molar refractivity (Wildman–Crippen MR) is 102 cm³/mol. The van der Waals surface area contributed by atoms with Crippen molar-refractivity contribution in [1.29, 1.82) is 0 Å². The van der Waals surface area contributed by atoms with Gasteiger partial charge in [-0.15, -0.1) is 0 Å². The number of fused-ring (bicyclic) bond motifs is 1. The number of hydrogen-bond acceptors (Lipinski definition) is 5. The van der Waals surface area contributed by atoms with Gasteiger partial charge in [0.15, 0.2) is 17.0 Å². The van der Waals surface area contributed by atoms with Crippen molar-refractivity contribution in [2.24, 2.45) is 7.05 Å². The molecule has 0 aliphatic heterocycles. The van der Waals surface area contributed by atoms with Gasteiger partial charge in [-0.05, 0) is 31.9 Å². The van der Waals surface area contributed by atoms with Crippen LogP contribution in [0.4, 0.5) is 5.82 Å². The topological polar surface area (TPSA) is 73.5 Å². The molecule has 0 amide bonds. The van der Waals surface area contributed by atoms with Gasteiger partial charge in [0.2, 0.25) is 0 Å². The number of benzene rings is 1. The standard InChI is InChI=1S/C19H21N7/c1-13-11-14(2)26(24-13)19-22-17(16-18(23-19)25(3)12-21-16)20-10-9-15-7-5-4-6-8-15/h4-8,11-12H,9-10H2,1-3H3,(H,20,22,23). The van der Waals surface area contributed by atoms with Crippen molar-refractivity contribution in [1.82, 2.24) is 29.3 Å². The van der Waals surface area contributed by atoms with Crippen LogP contribution in [0.25, 0.3) is 17.1 Å². The third kappa shape index (κ3) is 3.03. The molecule has 0 saturated heterocycles. The first-order valence-electron chi connectivity index (χ1n) is 8.62. The van der Waals surface area contributed by atoms with Gasteiger partial charge in [0.25, 0.3) is 5.95 Å². The summed E-state index contributed by atoms with van der Waals surface area (Å²) in [5, 5.41) is 7.92. The van der Waals surface area contributed by atoms with Crippen LogP contribution in [0, 0.1) is 13.8 Å². The first-order chi connectivity index (χ1) is 12.6. The highest BCUT2D eigenvalue weighted by molar-refractivity contribution is 5.83. The number of rotatable bonds is 5. The predicted octanol–water partition coefficient (Wildman–Crippen LogP) is 2.82. The molecular formula is C19H21N7. The van der Waals surface area contributed by atoms with Crippen LogP contribution < -0.4 is 5.32 Å². The maximum atomic E-state index is 4.69. The Hall–Kier alpha value is -3.22. The molecular weight excluding hydrogens is 326 g/mol. The Balaban J connectivity index is 1.67. The van der Waals surface area contributed by atoms with Gasteiger partial charge in [-0.1, -0.05) is 30.3 Å². The number of aromatic nitrogens is 6. The molecule has 0 aliphatic rings. The first kappa shape index (κ1) is 16.3. The van der Waals surface area contributed by atoms with E-state index in [0.717, 1.165) is 41.3 Å². The van der Waals surface area contributed by atoms with E-state index in [-0.39, 0.29) is 0 Å². The number of aryl methyl sites for hydroxylation is 3. The van der Waals surface area contributed by atoms with Crippen LogP contribution in [-0.2, 0) is 13.5 Å². The summed E-state index contributed by atoms with van der Waals surface area (Å²) < 4.78 is 3.67. The molecule has 0 unspecified atom stereocenters. The Labute approximate surface area is 151 Å². The maximum Gasteiger partial charge on any atom is 0.254 e. The summed E-state index contributed by atoms with van der Waals surface area (Å²) in [6.07, 6.45) is 2.67. The lowest BCUT2D eigenvalue weighted by molar-refractivity contribution is 0.774. The largest absolute Gasteiger partial charge is 0.368 e. The third-order valence-corrected chi connectivity index (χ3v) is 4.30. The molecule has 0 atom stereocenters. The van der Waals surface area contributed by atoms with Gasteiger partial charge in [-0.2, -0.15) is 15.1 Å². The van der Waals surface area contributed by atoms with Gasteiger partial charge < -0.3 is 9.88 Å². The Kier molecular flexibility index (Phi) is 4.12. The molecule has 3 heterocycles. The highest BCUT2D eigenvalue weighted by atomic mass is 15.4. The minimum absolute atomic E-state index is 0.550. The Morgan fingerprint density at radius 1 is 1.08 bits per heavy atom. The van der Waals surface area contributed by atoms with Crippen LogP contribution >= 0.6 is 0 Å². The van der Waals surface area contributed by atoms with Gasteiger partial charge in [0.05, 0.1) is 12.0 Å². The molecule has 0 spiro atoms. The highest BCUT2D eigenvalue weighted by Gasteiger charge is 2.15. The summed E-state index contributed by atoms with van der Waals surface area (Å²) in [5.74, 6) is 1.28. The first-order valence-corrected chi connectivity index (χ1v) is 8.62. The van der Waals surface area contributed by atoms with E-state index in [1.165, 1.54) is 5.56 Å². The average molecular weight is 347 g/mol. The van der Waals surface area contributed by atoms with Crippen molar-refractivity contribution in [3.05, 3.63) is 59.7 Å². The maximum absolute atomic E-state index is 4.69. The molecule has 4 rings (SSSR count). The van der Waals surface area contributed by atoms with E-state index in [1.54, 1.807) is 11.0 Å². The number of hydrogen-bond donors (Lipinski definition) is 1. The second-order valence-electron chi connectivity index (χ2n) is 6.40. The van der Waals surface area contributed by atoms with Crippen LogP contribution in [0.2, 0.25) is 0 Å². The number of imidazole rings is 1. The molecule has 0 aliphatic carbocycles. The monoisotopic (exact) mass is 347 g/mol. The van der Waals surface area contributed by atoms with E-state index in [9.17, 15) is 0 Å². The number of nitrogens with zero attached hydrogens (tertiary/aromatic N) is 6. The summed E-state index contributed by atoms with van der Waals surface area (Å²) in [4.78, 5) is 13.8. The zero-order valence-corrected chi connectivity index (χ0v) is 15.1. The average Bonchev–Trinajstić information content (AvgIpc) is 3.18. The summed E-state index contributed by atoms with van der Waals surface area (Å²) in [6.45, 7) is 4.73. The van der Waals surface area contributed by atoms with E-state index < -0.39 is 0 Å². The van der Waals surface area contributed by atoms with Gasteiger partial charge in [-0.3, -0.25) is 0 Å². The number of anilines is 1. The smallest absolute Gasteiger partial charge is 0.254 e. The molecule has 1 N–H and O–H groups in total. The zero-order chi connectivity index (χ0) is 18.1. The molecule has 3 aromatic heterocycles. The van der Waals surface area contributed by atoms with E-state index in [4.69, 9.17) is 4.98 Å². The van der Waals surface area contributed by atoms with Gasteiger partial charge in [0, 0.05) is 19.3 Å². The lowest BCUT2D eigenvalue weighted by Crippen LogP contribution is -2.12. The molecule has 1 aromatic carbocycles. The fraction of sp³-hybridized carbons (Fsp3) is 0.263. The van der Waals surface area contributed by atoms with Crippen molar-refractivity contribution in [2.75, 3.05) is 11.9 Å². The van der Waals surface area contributed by atoms with Gasteiger partial charge >= 0.3 is 0 Å². The second kappa shape index (κ2) is 6.59. The summed E-state index contributed by atoms with van der Waals surface area (Å²) in [5.41, 5.74) is 4.77. The highest BCUT2D eigenvalue weighted by Crippen LogP contribution is 2.20. The Morgan fingerprint density at radius 2 is 1.88 bits per heavy atom. The van der Waals surface area contributed by atoms with Gasteiger partial charge in [0.1, 0.15) is 0 Å². The molecule has 0 saturated carbocycles. The number of nitrogens with one attached hydrogen (secondary N) is 1. The van der Waals surface area contributed by atoms with E-state index in [2.05, 4.69) is 44.6 Å². The van der Waals surface area contributed by atoms with Gasteiger partial charge in [-0.25, -0.2) is 9.67 Å². The molecule has 26 heavy (non-hydrogen) atoms. The van der Waals surface area contributed by atoms with Crippen LogP contribution in [0.5, 0.6) is 0 Å². The quantitative estimate of drug-likeness (QED) is 0.601. The zero-order valence-electron chi connectivity index (χ0n) is 15.1. The summed E-state index contributed by atoms with van der Waals surface area (Å²) >= 11 is 0. The lowest BCUT2D eigenvalue weighted by Gasteiger charge is -2.09. The molecule has 7 heteroatoms. The van der Waals surface area contributed by atoms with Crippen LogP contribution in [0.1, 0.15) is 17.0 Å². The Morgan fingerprint density at radius 3 is 2.62 bits per heavy atom. The van der Waals surface area contributed by atoms with Crippen LogP contribution in [0.15, 0.2) is 42.7 Å². The molecule has 132 valence electrons. The van der Waals surface area contributed by atoms with Crippen molar-refractivity contribution >= 4 is 17.0 Å². The third-order valence-electron chi connectivity index (χ3n) is 4.30. The van der Waals surface area contributed by atoms with E-state index in [0.29, 0.717) is 5.95 Å². The fourth-order valence-corrected chi connectivity index (χ4v) is 3.01. The normalized spacial score (nSPS) is 11.2. The Bertz CT molecular complexity index is 1050. The summed E-state index contributed by atoms with van der Waals surface area (Å²) in [6, 6.07) is 12.4. The SMILES string of the molecule is Cc1cc(C)n(-c2nc(NCCc3ccccc3)c3ncn(C)c3n2)n1. The lowest BCUT2D eigenvalue weighted by atomic mass is 10.1.